The predicted octanol–water partition coefficient (Wildman–Crippen LogP) is 11.4. The van der Waals surface area contributed by atoms with Gasteiger partial charge in [-0.25, -0.2) is 0 Å². The van der Waals surface area contributed by atoms with Crippen molar-refractivity contribution in [3.05, 3.63) is 83.6 Å². The highest BCUT2D eigenvalue weighted by atomic mass is 32.1. The summed E-state index contributed by atoms with van der Waals surface area (Å²) in [5, 5.41) is 1.93. The summed E-state index contributed by atoms with van der Waals surface area (Å²) in [4.78, 5) is 7.53. The number of hydrogen-bond acceptors (Lipinski definition) is 3. The van der Waals surface area contributed by atoms with Gasteiger partial charge in [0, 0.05) is 24.0 Å². The van der Waals surface area contributed by atoms with Crippen molar-refractivity contribution in [2.24, 2.45) is 11.8 Å². The third-order valence-electron chi connectivity index (χ3n) is 2.38. The first-order valence-corrected chi connectivity index (χ1v) is 13.9. The maximum atomic E-state index is 3.78. The summed E-state index contributed by atoms with van der Waals surface area (Å²) in [6, 6.07) is 16.2. The Morgan fingerprint density at radius 1 is 0.529 bits per heavy atom. The predicted molar refractivity (Wildman–Crippen MR) is 162 cm³/mol. The number of thiazole rings is 1. The van der Waals surface area contributed by atoms with Gasteiger partial charge in [0.15, 0.2) is 0 Å². The third-order valence-corrected chi connectivity index (χ3v) is 2.90. The van der Waals surface area contributed by atoms with Crippen molar-refractivity contribution < 1.29 is 0 Å². The highest BCUT2D eigenvalue weighted by Gasteiger charge is 1.93. The Balaban J connectivity index is -0.000000101. The van der Waals surface area contributed by atoms with Gasteiger partial charge in [-0.1, -0.05) is 133 Å². The maximum Gasteiger partial charge on any atom is 0.0791 e. The molecule has 0 bridgehead atoms. The van der Waals surface area contributed by atoms with Gasteiger partial charge in [0.2, 0.25) is 0 Å². The lowest BCUT2D eigenvalue weighted by Crippen LogP contribution is -1.83. The molecule has 0 atom stereocenters. The second-order valence-corrected chi connectivity index (χ2v) is 8.48. The summed E-state index contributed by atoms with van der Waals surface area (Å²) in [5.41, 5.74) is 3.21. The molecule has 0 amide bonds. The van der Waals surface area contributed by atoms with Crippen molar-refractivity contribution in [1.82, 2.24) is 9.97 Å². The summed E-state index contributed by atoms with van der Waals surface area (Å²) in [5.74, 6) is 2.33. The second-order valence-electron chi connectivity index (χ2n) is 7.73. The Labute approximate surface area is 219 Å². The van der Waals surface area contributed by atoms with E-state index >= 15 is 0 Å². The van der Waals surface area contributed by atoms with E-state index in [4.69, 9.17) is 0 Å². The largest absolute Gasteiger partial charge is 0.265 e. The van der Waals surface area contributed by atoms with Crippen molar-refractivity contribution in [2.45, 2.75) is 103 Å². The molecule has 0 fully saturated rings. The standard InChI is InChI=1S/C9H12.C5H5N.2C4H10.C3H3NS.3C2H6/c1-8(2)9-6-4-3-5-7-9;1-2-4-6-5-3-1;2*1-4(2)3;1-2-5-3-4-1;3*1-2/h3-8H,1-2H3;1-5H;2*4H,1-3H3;1-3H;3*1-2H3. The average molecular weight is 491 g/mol. The van der Waals surface area contributed by atoms with Gasteiger partial charge in [0.25, 0.3) is 0 Å². The van der Waals surface area contributed by atoms with E-state index < -0.39 is 0 Å². The van der Waals surface area contributed by atoms with Crippen molar-refractivity contribution in [1.29, 1.82) is 0 Å². The van der Waals surface area contributed by atoms with Gasteiger partial charge in [-0.3, -0.25) is 9.97 Å². The van der Waals surface area contributed by atoms with Crippen LogP contribution < -0.4 is 0 Å². The van der Waals surface area contributed by atoms with Gasteiger partial charge in [-0.15, -0.1) is 11.3 Å². The van der Waals surface area contributed by atoms with Gasteiger partial charge in [0.1, 0.15) is 0 Å². The summed E-state index contributed by atoms with van der Waals surface area (Å²) < 4.78 is 0. The number of hydrogen-bond donors (Lipinski definition) is 0. The van der Waals surface area contributed by atoms with E-state index in [1.54, 1.807) is 35.4 Å². The van der Waals surface area contributed by atoms with E-state index in [0.29, 0.717) is 5.92 Å². The number of nitrogens with zero attached hydrogens (tertiary/aromatic N) is 2. The molecule has 0 aliphatic carbocycles. The smallest absolute Gasteiger partial charge is 0.0791 e. The number of pyridine rings is 1. The first-order valence-electron chi connectivity index (χ1n) is 13.0. The SMILES string of the molecule is CC.CC.CC.CC(C)C.CC(C)C.CC(C)c1ccccc1.c1ccncc1.c1cscn1. The van der Waals surface area contributed by atoms with Crippen molar-refractivity contribution in [2.75, 3.05) is 0 Å². The fraction of sp³-hybridized carbons (Fsp3) is 0.548. The molecule has 0 N–H and O–H groups in total. The van der Waals surface area contributed by atoms with Crippen LogP contribution in [-0.4, -0.2) is 9.97 Å². The van der Waals surface area contributed by atoms with E-state index in [0.717, 1.165) is 11.8 Å². The van der Waals surface area contributed by atoms with Crippen LogP contribution in [0.1, 0.15) is 108 Å². The van der Waals surface area contributed by atoms with Gasteiger partial charge >= 0.3 is 0 Å². The van der Waals surface area contributed by atoms with Crippen LogP contribution in [0.25, 0.3) is 0 Å². The van der Waals surface area contributed by atoms with Crippen LogP contribution in [0.2, 0.25) is 0 Å². The van der Waals surface area contributed by atoms with Crippen molar-refractivity contribution in [3.8, 4) is 0 Å². The van der Waals surface area contributed by atoms with Crippen molar-refractivity contribution in [3.63, 3.8) is 0 Å². The Morgan fingerprint density at radius 2 is 0.912 bits per heavy atom. The fourth-order valence-electron chi connectivity index (χ4n) is 1.33. The molecular weight excluding hydrogens is 432 g/mol. The zero-order valence-corrected chi connectivity index (χ0v) is 25.9. The third kappa shape index (κ3) is 57.2. The van der Waals surface area contributed by atoms with Gasteiger partial charge < -0.3 is 0 Å². The molecule has 0 radical (unpaired) electrons. The van der Waals surface area contributed by atoms with E-state index in [9.17, 15) is 0 Å². The van der Waals surface area contributed by atoms with Crippen LogP contribution in [0.15, 0.2) is 78.0 Å². The van der Waals surface area contributed by atoms with Crippen LogP contribution in [0.3, 0.4) is 0 Å². The lowest BCUT2D eigenvalue weighted by Gasteiger charge is -2.01. The van der Waals surface area contributed by atoms with E-state index in [-0.39, 0.29) is 0 Å². The number of benzene rings is 1. The van der Waals surface area contributed by atoms with E-state index in [1.165, 1.54) is 5.56 Å². The molecule has 0 unspecified atom stereocenters. The topological polar surface area (TPSA) is 25.8 Å². The first-order chi connectivity index (χ1) is 16.3. The van der Waals surface area contributed by atoms with Crippen molar-refractivity contribution >= 4 is 11.3 Å². The van der Waals surface area contributed by atoms with E-state index in [1.807, 2.05) is 71.2 Å². The Kier molecular flexibility index (Phi) is 51.2. The molecule has 0 aliphatic rings. The molecule has 0 aliphatic heterocycles. The lowest BCUT2D eigenvalue weighted by molar-refractivity contribution is 0.736. The molecule has 0 saturated heterocycles. The Hall–Kier alpha value is -2.00. The Morgan fingerprint density at radius 3 is 1.06 bits per heavy atom. The van der Waals surface area contributed by atoms with Crippen LogP contribution in [-0.2, 0) is 0 Å². The molecular formula is C31H58N2S. The quantitative estimate of drug-likeness (QED) is 0.339. The molecule has 34 heavy (non-hydrogen) atoms. The summed E-state index contributed by atoms with van der Waals surface area (Å²) in [7, 11) is 0. The molecule has 198 valence electrons. The van der Waals surface area contributed by atoms with Gasteiger partial charge in [-0.2, -0.15) is 0 Å². The van der Waals surface area contributed by atoms with Gasteiger partial charge in [-0.05, 0) is 35.4 Å². The summed E-state index contributed by atoms with van der Waals surface area (Å²) in [6.45, 7) is 29.4. The molecule has 0 saturated carbocycles. The van der Waals surface area contributed by atoms with E-state index in [2.05, 4.69) is 89.6 Å². The summed E-state index contributed by atoms with van der Waals surface area (Å²) >= 11 is 1.60. The number of rotatable bonds is 1. The minimum Gasteiger partial charge on any atom is -0.265 e. The molecule has 3 rings (SSSR count). The van der Waals surface area contributed by atoms with Crippen LogP contribution in [0.5, 0.6) is 0 Å². The van der Waals surface area contributed by atoms with Crippen LogP contribution in [0.4, 0.5) is 0 Å². The normalized spacial score (nSPS) is 7.91. The zero-order chi connectivity index (χ0) is 27.6. The number of aromatic nitrogens is 2. The average Bonchev–Trinajstić information content (AvgIpc) is 3.45. The molecule has 2 heterocycles. The Bertz CT molecular complexity index is 536. The van der Waals surface area contributed by atoms with Crippen LogP contribution >= 0.6 is 11.3 Å². The fourth-order valence-corrected chi connectivity index (χ4v) is 1.68. The minimum atomic E-state index is 0.659. The first kappa shape index (κ1) is 42.2. The second kappa shape index (κ2) is 41.3. The zero-order valence-electron chi connectivity index (χ0n) is 25.0. The molecule has 0 spiro atoms. The minimum absolute atomic E-state index is 0.659. The van der Waals surface area contributed by atoms with Gasteiger partial charge in [0.05, 0.1) is 5.51 Å². The molecule has 2 aromatic heterocycles. The maximum absolute atomic E-state index is 3.78. The monoisotopic (exact) mass is 490 g/mol. The molecule has 1 aromatic carbocycles. The molecule has 3 aromatic rings. The highest BCUT2D eigenvalue weighted by Crippen LogP contribution is 2.11. The summed E-state index contributed by atoms with van der Waals surface area (Å²) in [6.07, 6.45) is 5.27. The molecule has 3 heteroatoms. The highest BCUT2D eigenvalue weighted by molar-refractivity contribution is 7.07. The lowest BCUT2D eigenvalue weighted by atomic mass is 10.0. The molecule has 2 nitrogen and oxygen atoms in total. The van der Waals surface area contributed by atoms with Crippen LogP contribution in [0, 0.1) is 11.8 Å².